The van der Waals surface area contributed by atoms with Crippen molar-refractivity contribution in [1.29, 1.82) is 0 Å². The monoisotopic (exact) mass is 245 g/mol. The molecule has 1 aromatic carbocycles. The molecule has 1 saturated heterocycles. The molecule has 1 heterocycles. The topological polar surface area (TPSA) is 21.3 Å². The SMILES string of the molecule is C=C(CNCC1(C)CCOCC1)c1ccccc1. The molecule has 0 aliphatic carbocycles. The molecule has 1 aromatic rings. The van der Waals surface area contributed by atoms with E-state index in [4.69, 9.17) is 4.74 Å². The van der Waals surface area contributed by atoms with Gasteiger partial charge in [-0.2, -0.15) is 0 Å². The van der Waals surface area contributed by atoms with Gasteiger partial charge in [0.15, 0.2) is 0 Å². The Labute approximate surface area is 110 Å². The number of ether oxygens (including phenoxy) is 1. The number of hydrogen-bond acceptors (Lipinski definition) is 2. The summed E-state index contributed by atoms with van der Waals surface area (Å²) < 4.78 is 5.42. The molecule has 0 unspecified atom stereocenters. The van der Waals surface area contributed by atoms with E-state index in [9.17, 15) is 0 Å². The molecule has 0 amide bonds. The predicted octanol–water partition coefficient (Wildman–Crippen LogP) is 3.11. The summed E-state index contributed by atoms with van der Waals surface area (Å²) in [7, 11) is 0. The van der Waals surface area contributed by atoms with Crippen molar-refractivity contribution in [2.75, 3.05) is 26.3 Å². The molecule has 1 aliphatic rings. The largest absolute Gasteiger partial charge is 0.381 e. The van der Waals surface area contributed by atoms with Crippen molar-refractivity contribution in [1.82, 2.24) is 5.32 Å². The maximum Gasteiger partial charge on any atom is 0.0471 e. The van der Waals surface area contributed by atoms with Gasteiger partial charge < -0.3 is 10.1 Å². The third-order valence-electron chi connectivity index (χ3n) is 3.77. The van der Waals surface area contributed by atoms with E-state index in [1.807, 2.05) is 6.07 Å². The first kappa shape index (κ1) is 13.3. The molecule has 1 fully saturated rings. The average Bonchev–Trinajstić information content (AvgIpc) is 2.40. The molecule has 18 heavy (non-hydrogen) atoms. The van der Waals surface area contributed by atoms with Crippen molar-refractivity contribution in [3.8, 4) is 0 Å². The number of rotatable bonds is 5. The zero-order chi connectivity index (χ0) is 12.8. The van der Waals surface area contributed by atoms with Gasteiger partial charge in [-0.15, -0.1) is 0 Å². The summed E-state index contributed by atoms with van der Waals surface area (Å²) >= 11 is 0. The molecule has 0 aromatic heterocycles. The van der Waals surface area contributed by atoms with Crippen molar-refractivity contribution in [3.63, 3.8) is 0 Å². The molecule has 98 valence electrons. The van der Waals surface area contributed by atoms with Gasteiger partial charge in [0.1, 0.15) is 0 Å². The highest BCUT2D eigenvalue weighted by atomic mass is 16.5. The Hall–Kier alpha value is -1.12. The molecule has 0 saturated carbocycles. The number of benzene rings is 1. The van der Waals surface area contributed by atoms with Crippen molar-refractivity contribution in [2.24, 2.45) is 5.41 Å². The van der Waals surface area contributed by atoms with Crippen molar-refractivity contribution in [3.05, 3.63) is 42.5 Å². The summed E-state index contributed by atoms with van der Waals surface area (Å²) in [6.45, 7) is 10.2. The number of hydrogen-bond donors (Lipinski definition) is 1. The van der Waals surface area contributed by atoms with E-state index in [0.29, 0.717) is 5.41 Å². The molecule has 2 nitrogen and oxygen atoms in total. The molecular weight excluding hydrogens is 222 g/mol. The Kier molecular flexibility index (Phi) is 4.56. The Balaban J connectivity index is 1.77. The zero-order valence-electron chi connectivity index (χ0n) is 11.2. The van der Waals surface area contributed by atoms with E-state index < -0.39 is 0 Å². The van der Waals surface area contributed by atoms with Crippen LogP contribution in [-0.4, -0.2) is 26.3 Å². The van der Waals surface area contributed by atoms with Crippen LogP contribution >= 0.6 is 0 Å². The van der Waals surface area contributed by atoms with Crippen LogP contribution in [0.3, 0.4) is 0 Å². The quantitative estimate of drug-likeness (QED) is 0.860. The van der Waals surface area contributed by atoms with Crippen LogP contribution in [-0.2, 0) is 4.74 Å². The lowest BCUT2D eigenvalue weighted by Gasteiger charge is -2.33. The lowest BCUT2D eigenvalue weighted by Crippen LogP contribution is -2.37. The molecular formula is C16H23NO. The zero-order valence-corrected chi connectivity index (χ0v) is 11.2. The summed E-state index contributed by atoms with van der Waals surface area (Å²) in [5, 5.41) is 3.54. The molecule has 0 spiro atoms. The first-order valence-electron chi connectivity index (χ1n) is 6.71. The minimum absolute atomic E-state index is 0.384. The lowest BCUT2D eigenvalue weighted by atomic mass is 9.82. The van der Waals surface area contributed by atoms with Crippen molar-refractivity contribution < 1.29 is 4.74 Å². The Morgan fingerprint density at radius 3 is 2.61 bits per heavy atom. The van der Waals surface area contributed by atoms with Crippen LogP contribution in [0.5, 0.6) is 0 Å². The maximum atomic E-state index is 5.42. The van der Waals surface area contributed by atoms with E-state index >= 15 is 0 Å². The van der Waals surface area contributed by atoms with E-state index in [2.05, 4.69) is 43.1 Å². The van der Waals surface area contributed by atoms with Gasteiger partial charge in [-0.05, 0) is 29.4 Å². The van der Waals surface area contributed by atoms with Gasteiger partial charge in [0, 0.05) is 26.3 Å². The molecule has 0 atom stereocenters. The van der Waals surface area contributed by atoms with Crippen LogP contribution in [0.15, 0.2) is 36.9 Å². The van der Waals surface area contributed by atoms with Gasteiger partial charge in [0.05, 0.1) is 0 Å². The molecule has 2 heteroatoms. The molecule has 0 bridgehead atoms. The van der Waals surface area contributed by atoms with Crippen LogP contribution in [0.4, 0.5) is 0 Å². The molecule has 0 radical (unpaired) electrons. The first-order valence-corrected chi connectivity index (χ1v) is 6.71. The van der Waals surface area contributed by atoms with E-state index in [-0.39, 0.29) is 0 Å². The van der Waals surface area contributed by atoms with Crippen LogP contribution in [0.25, 0.3) is 5.57 Å². The van der Waals surface area contributed by atoms with Crippen molar-refractivity contribution in [2.45, 2.75) is 19.8 Å². The normalized spacial score (nSPS) is 18.5. The summed E-state index contributed by atoms with van der Waals surface area (Å²) in [6.07, 6.45) is 2.30. The summed E-state index contributed by atoms with van der Waals surface area (Å²) in [6, 6.07) is 10.4. The van der Waals surface area contributed by atoms with Gasteiger partial charge in [-0.1, -0.05) is 43.8 Å². The van der Waals surface area contributed by atoms with Gasteiger partial charge >= 0.3 is 0 Å². The van der Waals surface area contributed by atoms with Crippen molar-refractivity contribution >= 4 is 5.57 Å². The fourth-order valence-corrected chi connectivity index (χ4v) is 2.33. The summed E-state index contributed by atoms with van der Waals surface area (Å²) in [4.78, 5) is 0. The van der Waals surface area contributed by atoms with Gasteiger partial charge in [-0.3, -0.25) is 0 Å². The molecule has 1 aliphatic heterocycles. The van der Waals surface area contributed by atoms with E-state index in [1.165, 1.54) is 5.56 Å². The first-order chi connectivity index (χ1) is 8.70. The third-order valence-corrected chi connectivity index (χ3v) is 3.77. The van der Waals surface area contributed by atoms with Gasteiger partial charge in [0.2, 0.25) is 0 Å². The minimum atomic E-state index is 0.384. The predicted molar refractivity (Wildman–Crippen MR) is 76.5 cm³/mol. The Morgan fingerprint density at radius 2 is 1.94 bits per heavy atom. The fourth-order valence-electron chi connectivity index (χ4n) is 2.33. The number of nitrogens with one attached hydrogen (secondary N) is 1. The highest BCUT2D eigenvalue weighted by Crippen LogP contribution is 2.28. The fraction of sp³-hybridized carbons (Fsp3) is 0.500. The van der Waals surface area contributed by atoms with Crippen LogP contribution in [0, 0.1) is 5.41 Å². The van der Waals surface area contributed by atoms with Gasteiger partial charge in [0.25, 0.3) is 0 Å². The highest BCUT2D eigenvalue weighted by molar-refractivity contribution is 5.64. The van der Waals surface area contributed by atoms with E-state index in [0.717, 1.165) is 44.7 Å². The average molecular weight is 245 g/mol. The third kappa shape index (κ3) is 3.69. The summed E-state index contributed by atoms with van der Waals surface area (Å²) in [5.74, 6) is 0. The Morgan fingerprint density at radius 1 is 1.28 bits per heavy atom. The van der Waals surface area contributed by atoms with Crippen LogP contribution in [0.2, 0.25) is 0 Å². The Bertz CT molecular complexity index is 379. The maximum absolute atomic E-state index is 5.42. The molecule has 1 N–H and O–H groups in total. The second-order valence-electron chi connectivity index (χ2n) is 5.50. The van der Waals surface area contributed by atoms with E-state index in [1.54, 1.807) is 0 Å². The second kappa shape index (κ2) is 6.17. The molecule has 2 rings (SSSR count). The standard InChI is InChI=1S/C16H23NO/c1-14(15-6-4-3-5-7-15)12-17-13-16(2)8-10-18-11-9-16/h3-7,17H,1,8-13H2,2H3. The van der Waals surface area contributed by atoms with Crippen LogP contribution < -0.4 is 5.32 Å². The second-order valence-corrected chi connectivity index (χ2v) is 5.50. The van der Waals surface area contributed by atoms with Crippen LogP contribution in [0.1, 0.15) is 25.3 Å². The minimum Gasteiger partial charge on any atom is -0.381 e. The van der Waals surface area contributed by atoms with Gasteiger partial charge in [-0.25, -0.2) is 0 Å². The lowest BCUT2D eigenvalue weighted by molar-refractivity contribution is 0.0246. The highest BCUT2D eigenvalue weighted by Gasteiger charge is 2.26. The smallest absolute Gasteiger partial charge is 0.0471 e. The summed E-state index contributed by atoms with van der Waals surface area (Å²) in [5.41, 5.74) is 2.77.